The standard InChI is InChI=1S/C10H14BrN3OS/c11-6-10(3-1-2-4-10)7-12-9(15)8-5-16-14-13-8/h5H,1-4,6-7H2,(H,12,15). The fraction of sp³-hybridized carbons (Fsp3) is 0.700. The van der Waals surface area contributed by atoms with Crippen LogP contribution in [0.1, 0.15) is 36.2 Å². The lowest BCUT2D eigenvalue weighted by Gasteiger charge is -2.26. The maximum absolute atomic E-state index is 11.7. The van der Waals surface area contributed by atoms with Gasteiger partial charge in [0.2, 0.25) is 0 Å². The number of nitrogens with zero attached hydrogens (tertiary/aromatic N) is 2. The normalized spacial score (nSPS) is 18.6. The van der Waals surface area contributed by atoms with Crippen molar-refractivity contribution in [1.29, 1.82) is 0 Å². The Balaban J connectivity index is 1.89. The largest absolute Gasteiger partial charge is 0.350 e. The van der Waals surface area contributed by atoms with Gasteiger partial charge in [-0.15, -0.1) is 5.10 Å². The van der Waals surface area contributed by atoms with E-state index in [4.69, 9.17) is 0 Å². The third kappa shape index (κ3) is 2.60. The van der Waals surface area contributed by atoms with Gasteiger partial charge in [0, 0.05) is 17.3 Å². The first-order chi connectivity index (χ1) is 7.76. The van der Waals surface area contributed by atoms with Gasteiger partial charge in [-0.25, -0.2) is 0 Å². The molecule has 1 aliphatic rings. The van der Waals surface area contributed by atoms with E-state index in [0.29, 0.717) is 5.69 Å². The van der Waals surface area contributed by atoms with Gasteiger partial charge in [-0.3, -0.25) is 4.79 Å². The van der Waals surface area contributed by atoms with Gasteiger partial charge in [-0.2, -0.15) is 0 Å². The van der Waals surface area contributed by atoms with E-state index in [9.17, 15) is 4.79 Å². The monoisotopic (exact) mass is 303 g/mol. The second-order valence-electron chi connectivity index (χ2n) is 4.31. The van der Waals surface area contributed by atoms with Crippen LogP contribution in [0.2, 0.25) is 0 Å². The molecule has 1 saturated carbocycles. The molecular formula is C10H14BrN3OS. The van der Waals surface area contributed by atoms with Gasteiger partial charge in [0.1, 0.15) is 0 Å². The van der Waals surface area contributed by atoms with Crippen LogP contribution in [0.15, 0.2) is 5.38 Å². The summed E-state index contributed by atoms with van der Waals surface area (Å²) < 4.78 is 3.68. The summed E-state index contributed by atoms with van der Waals surface area (Å²) in [5, 5.41) is 9.33. The molecule has 0 bridgehead atoms. The lowest BCUT2D eigenvalue weighted by Crippen LogP contribution is -2.37. The van der Waals surface area contributed by atoms with Crippen molar-refractivity contribution in [3.05, 3.63) is 11.1 Å². The number of alkyl halides is 1. The Morgan fingerprint density at radius 2 is 2.31 bits per heavy atom. The molecule has 88 valence electrons. The van der Waals surface area contributed by atoms with E-state index in [1.807, 2.05) is 0 Å². The van der Waals surface area contributed by atoms with Crippen LogP contribution in [-0.4, -0.2) is 27.4 Å². The molecule has 4 nitrogen and oxygen atoms in total. The zero-order valence-corrected chi connectivity index (χ0v) is 11.3. The average Bonchev–Trinajstić information content (AvgIpc) is 2.98. The molecule has 0 aromatic carbocycles. The Bertz CT molecular complexity index is 349. The summed E-state index contributed by atoms with van der Waals surface area (Å²) in [6.45, 7) is 0.731. The van der Waals surface area contributed by atoms with Gasteiger partial charge in [0.15, 0.2) is 5.69 Å². The molecule has 1 heterocycles. The first-order valence-electron chi connectivity index (χ1n) is 5.37. The van der Waals surface area contributed by atoms with Gasteiger partial charge in [-0.05, 0) is 29.8 Å². The van der Waals surface area contributed by atoms with Gasteiger partial charge < -0.3 is 5.32 Å². The Morgan fingerprint density at radius 1 is 1.56 bits per heavy atom. The summed E-state index contributed by atoms with van der Waals surface area (Å²) >= 11 is 4.75. The van der Waals surface area contributed by atoms with Crippen LogP contribution in [0.5, 0.6) is 0 Å². The summed E-state index contributed by atoms with van der Waals surface area (Å²) in [5.74, 6) is -0.110. The molecule has 1 aromatic heterocycles. The zero-order valence-electron chi connectivity index (χ0n) is 8.91. The second kappa shape index (κ2) is 5.23. The fourth-order valence-electron chi connectivity index (χ4n) is 2.10. The highest BCUT2D eigenvalue weighted by molar-refractivity contribution is 9.09. The second-order valence-corrected chi connectivity index (χ2v) is 5.48. The van der Waals surface area contributed by atoms with E-state index in [-0.39, 0.29) is 11.3 Å². The predicted molar refractivity (Wildman–Crippen MR) is 66.9 cm³/mol. The number of carbonyl (C=O) groups excluding carboxylic acids is 1. The minimum Gasteiger partial charge on any atom is -0.350 e. The van der Waals surface area contributed by atoms with Crippen LogP contribution in [0, 0.1) is 5.41 Å². The predicted octanol–water partition coefficient (Wildman–Crippen LogP) is 2.22. The quantitative estimate of drug-likeness (QED) is 0.868. The highest BCUT2D eigenvalue weighted by Crippen LogP contribution is 2.38. The molecule has 1 aromatic rings. The van der Waals surface area contributed by atoms with Crippen molar-refractivity contribution in [3.8, 4) is 0 Å². The molecule has 0 radical (unpaired) electrons. The highest BCUT2D eigenvalue weighted by Gasteiger charge is 2.33. The molecule has 0 spiro atoms. The Morgan fingerprint density at radius 3 is 2.88 bits per heavy atom. The highest BCUT2D eigenvalue weighted by atomic mass is 79.9. The van der Waals surface area contributed by atoms with Gasteiger partial charge in [0.05, 0.1) is 0 Å². The third-order valence-corrected chi connectivity index (χ3v) is 4.86. The Kier molecular flexibility index (Phi) is 3.91. The first-order valence-corrected chi connectivity index (χ1v) is 7.33. The molecule has 1 amide bonds. The maximum atomic E-state index is 11.7. The van der Waals surface area contributed by atoms with Crippen molar-refractivity contribution >= 4 is 33.4 Å². The lowest BCUT2D eigenvalue weighted by molar-refractivity contribution is 0.0930. The summed E-state index contributed by atoms with van der Waals surface area (Å²) in [5.41, 5.74) is 0.673. The van der Waals surface area contributed by atoms with E-state index in [1.165, 1.54) is 37.2 Å². The Hall–Kier alpha value is -0.490. The van der Waals surface area contributed by atoms with Crippen molar-refractivity contribution in [2.75, 3.05) is 11.9 Å². The number of aromatic nitrogens is 2. The number of amides is 1. The van der Waals surface area contributed by atoms with E-state index in [1.54, 1.807) is 5.38 Å². The molecule has 16 heavy (non-hydrogen) atoms. The van der Waals surface area contributed by atoms with Crippen LogP contribution in [0.25, 0.3) is 0 Å². The van der Waals surface area contributed by atoms with Crippen molar-refractivity contribution in [3.63, 3.8) is 0 Å². The first kappa shape index (κ1) is 12.0. The minimum absolute atomic E-state index is 0.110. The number of carbonyl (C=O) groups is 1. The van der Waals surface area contributed by atoms with Crippen LogP contribution >= 0.6 is 27.5 Å². The summed E-state index contributed by atoms with van der Waals surface area (Å²) in [7, 11) is 0. The number of hydrogen-bond acceptors (Lipinski definition) is 4. The third-order valence-electron chi connectivity index (χ3n) is 3.16. The number of nitrogens with one attached hydrogen (secondary N) is 1. The average molecular weight is 304 g/mol. The fourth-order valence-corrected chi connectivity index (χ4v) is 3.30. The van der Waals surface area contributed by atoms with Gasteiger partial charge >= 0.3 is 0 Å². The van der Waals surface area contributed by atoms with Crippen molar-refractivity contribution in [1.82, 2.24) is 14.9 Å². The van der Waals surface area contributed by atoms with Crippen LogP contribution in [0.4, 0.5) is 0 Å². The molecule has 6 heteroatoms. The molecule has 1 fully saturated rings. The summed E-state index contributed by atoms with van der Waals surface area (Å²) in [6.07, 6.45) is 4.90. The van der Waals surface area contributed by atoms with Crippen molar-refractivity contribution in [2.24, 2.45) is 5.41 Å². The van der Waals surface area contributed by atoms with E-state index < -0.39 is 0 Å². The van der Waals surface area contributed by atoms with E-state index >= 15 is 0 Å². The molecule has 0 saturated heterocycles. The van der Waals surface area contributed by atoms with Crippen LogP contribution in [0.3, 0.4) is 0 Å². The zero-order chi connectivity index (χ0) is 11.4. The van der Waals surface area contributed by atoms with E-state index in [0.717, 1.165) is 11.9 Å². The van der Waals surface area contributed by atoms with Crippen molar-refractivity contribution in [2.45, 2.75) is 25.7 Å². The topological polar surface area (TPSA) is 54.9 Å². The number of halogens is 1. The number of rotatable bonds is 4. The SMILES string of the molecule is O=C(NCC1(CBr)CCCC1)c1csnn1. The molecule has 2 rings (SSSR count). The molecule has 1 aliphatic carbocycles. The maximum Gasteiger partial charge on any atom is 0.272 e. The molecule has 1 N–H and O–H groups in total. The van der Waals surface area contributed by atoms with Crippen LogP contribution in [-0.2, 0) is 0 Å². The van der Waals surface area contributed by atoms with Gasteiger partial charge in [-0.1, -0.05) is 33.3 Å². The summed E-state index contributed by atoms with van der Waals surface area (Å²) in [4.78, 5) is 11.7. The molecular weight excluding hydrogens is 290 g/mol. The lowest BCUT2D eigenvalue weighted by atomic mass is 9.89. The smallest absolute Gasteiger partial charge is 0.272 e. The Labute approximate surface area is 107 Å². The molecule has 0 aliphatic heterocycles. The minimum atomic E-state index is -0.110. The molecule has 0 atom stereocenters. The number of hydrogen-bond donors (Lipinski definition) is 1. The molecule has 0 unspecified atom stereocenters. The van der Waals surface area contributed by atoms with Crippen molar-refractivity contribution < 1.29 is 4.79 Å². The van der Waals surface area contributed by atoms with E-state index in [2.05, 4.69) is 30.8 Å². The van der Waals surface area contributed by atoms with Gasteiger partial charge in [0.25, 0.3) is 5.91 Å². The summed E-state index contributed by atoms with van der Waals surface area (Å²) in [6, 6.07) is 0. The van der Waals surface area contributed by atoms with Crippen LogP contribution < -0.4 is 5.32 Å².